The fraction of sp³-hybridized carbons (Fsp3) is 0.229. The maximum Gasteiger partial charge on any atom is 0.306 e. The number of esters is 1. The van der Waals surface area contributed by atoms with Crippen LogP contribution < -0.4 is 14.4 Å². The first kappa shape index (κ1) is 24.4. The Balaban J connectivity index is 1.18. The van der Waals surface area contributed by atoms with Gasteiger partial charge in [-0.1, -0.05) is 30.0 Å². The maximum absolute atomic E-state index is 11.9. The molecular formula is C35H29NO4. The van der Waals surface area contributed by atoms with E-state index in [4.69, 9.17) is 14.2 Å². The number of unbranched alkanes of at least 4 members (excludes halogenated alkanes) is 1. The molecule has 0 bridgehead atoms. The molecule has 0 amide bonds. The molecule has 0 fully saturated rings. The molecule has 0 aliphatic carbocycles. The van der Waals surface area contributed by atoms with E-state index in [-0.39, 0.29) is 11.9 Å². The minimum Gasteiger partial charge on any atom is -0.460 e. The van der Waals surface area contributed by atoms with Gasteiger partial charge >= 0.3 is 5.97 Å². The Hall–Kier alpha value is -4.69. The van der Waals surface area contributed by atoms with Crippen molar-refractivity contribution >= 4 is 23.0 Å². The van der Waals surface area contributed by atoms with Crippen molar-refractivity contribution in [1.82, 2.24) is 0 Å². The van der Waals surface area contributed by atoms with E-state index in [1.165, 1.54) is 11.1 Å². The van der Waals surface area contributed by atoms with Crippen LogP contribution in [-0.2, 0) is 9.53 Å². The monoisotopic (exact) mass is 527 g/mol. The second-order valence-electron chi connectivity index (χ2n) is 11.3. The summed E-state index contributed by atoms with van der Waals surface area (Å²) in [5.41, 5.74) is 7.17. The van der Waals surface area contributed by atoms with Crippen LogP contribution in [0.5, 0.6) is 23.0 Å². The van der Waals surface area contributed by atoms with Gasteiger partial charge in [0.25, 0.3) is 0 Å². The number of rotatable bonds is 4. The van der Waals surface area contributed by atoms with Crippen LogP contribution in [0, 0.1) is 11.8 Å². The number of hydrogen-bond acceptors (Lipinski definition) is 5. The van der Waals surface area contributed by atoms with E-state index in [0.717, 1.165) is 51.2 Å². The zero-order chi connectivity index (χ0) is 27.4. The summed E-state index contributed by atoms with van der Waals surface area (Å²) in [4.78, 5) is 14.2. The number of hydrogen-bond donors (Lipinski definition) is 0. The van der Waals surface area contributed by atoms with Crippen LogP contribution in [0.4, 0.5) is 17.1 Å². The molecule has 0 spiro atoms. The normalized spacial score (nSPS) is 13.8. The number of carbonyl (C=O) groups excluding carboxylic acids is 1. The SMILES string of the molecule is CC(C)(C)OC(=O)CCCC#Cc1ccc(N2c3cccc4c3C3c5c(cccc5Oc5cccc2c53)O4)cc1. The molecule has 0 atom stereocenters. The molecule has 0 unspecified atom stereocenters. The number of carbonyl (C=O) groups is 1. The van der Waals surface area contributed by atoms with E-state index in [0.29, 0.717) is 19.3 Å². The van der Waals surface area contributed by atoms with Gasteiger partial charge in [0, 0.05) is 40.8 Å². The lowest BCUT2D eigenvalue weighted by atomic mass is 9.76. The van der Waals surface area contributed by atoms with Crippen molar-refractivity contribution in [3.05, 3.63) is 101 Å². The first-order chi connectivity index (χ1) is 19.4. The Kier molecular flexibility index (Phi) is 5.61. The highest BCUT2D eigenvalue weighted by Crippen LogP contribution is 2.64. The van der Waals surface area contributed by atoms with E-state index in [9.17, 15) is 4.79 Å². The zero-order valence-electron chi connectivity index (χ0n) is 22.8. The molecule has 0 radical (unpaired) electrons. The second-order valence-corrected chi connectivity index (χ2v) is 11.3. The molecular weight excluding hydrogens is 498 g/mol. The third-order valence-electron chi connectivity index (χ3n) is 7.36. The first-order valence-electron chi connectivity index (χ1n) is 13.7. The second kappa shape index (κ2) is 9.20. The highest BCUT2D eigenvalue weighted by atomic mass is 16.6. The molecule has 0 aromatic heterocycles. The lowest BCUT2D eigenvalue weighted by Gasteiger charge is -2.43. The van der Waals surface area contributed by atoms with Gasteiger partial charge < -0.3 is 19.1 Å². The van der Waals surface area contributed by atoms with Gasteiger partial charge in [0.1, 0.15) is 28.6 Å². The van der Waals surface area contributed by atoms with Crippen LogP contribution >= 0.6 is 0 Å². The summed E-state index contributed by atoms with van der Waals surface area (Å²) >= 11 is 0. The van der Waals surface area contributed by atoms with Crippen molar-refractivity contribution in [3.8, 4) is 34.8 Å². The van der Waals surface area contributed by atoms with E-state index in [2.05, 4.69) is 65.3 Å². The molecule has 0 saturated heterocycles. The smallest absolute Gasteiger partial charge is 0.306 e. The molecule has 7 rings (SSSR count). The first-order valence-corrected chi connectivity index (χ1v) is 13.7. The fourth-order valence-corrected chi connectivity index (χ4v) is 5.85. The zero-order valence-corrected chi connectivity index (χ0v) is 22.8. The maximum atomic E-state index is 11.9. The third-order valence-corrected chi connectivity index (χ3v) is 7.36. The van der Waals surface area contributed by atoms with Gasteiger partial charge in [0.05, 0.1) is 17.3 Å². The molecule has 3 heterocycles. The fourth-order valence-electron chi connectivity index (χ4n) is 5.85. The van der Waals surface area contributed by atoms with Crippen molar-refractivity contribution in [1.29, 1.82) is 0 Å². The molecule has 5 heteroatoms. The standard InChI is InChI=1S/C35H29NO4/c1-35(2,3)40-30(37)17-6-4-5-10-22-18-20-23(21-19-22)36-24-11-7-13-26-31(24)34-32-25(36)12-8-14-27(32)39-29-16-9-15-28(38-26)33(29)34/h7-9,11-16,18-21,34H,4,6,17H2,1-3H3. The van der Waals surface area contributed by atoms with Gasteiger partial charge in [-0.3, -0.25) is 4.79 Å². The number of benzene rings is 4. The Morgan fingerprint density at radius 3 is 1.93 bits per heavy atom. The predicted molar refractivity (Wildman–Crippen MR) is 155 cm³/mol. The van der Waals surface area contributed by atoms with Crippen molar-refractivity contribution in [2.75, 3.05) is 4.90 Å². The Bertz CT molecular complexity index is 1640. The molecule has 198 valence electrons. The summed E-state index contributed by atoms with van der Waals surface area (Å²) in [6.45, 7) is 5.64. The van der Waals surface area contributed by atoms with Crippen LogP contribution in [0.15, 0.2) is 78.9 Å². The topological polar surface area (TPSA) is 48.0 Å². The number of nitrogens with zero attached hydrogens (tertiary/aromatic N) is 1. The minimum absolute atomic E-state index is 0.0631. The average molecular weight is 528 g/mol. The largest absolute Gasteiger partial charge is 0.460 e. The van der Waals surface area contributed by atoms with Crippen molar-refractivity contribution in [2.45, 2.75) is 51.6 Å². The van der Waals surface area contributed by atoms with Crippen LogP contribution in [0.25, 0.3) is 0 Å². The van der Waals surface area contributed by atoms with Gasteiger partial charge in [-0.2, -0.15) is 0 Å². The Morgan fingerprint density at radius 1 is 0.800 bits per heavy atom. The quantitative estimate of drug-likeness (QED) is 0.130. The van der Waals surface area contributed by atoms with E-state index >= 15 is 0 Å². The molecule has 0 N–H and O–H groups in total. The van der Waals surface area contributed by atoms with Crippen molar-refractivity contribution < 1.29 is 19.0 Å². The van der Waals surface area contributed by atoms with E-state index < -0.39 is 5.60 Å². The molecule has 4 aromatic rings. The Labute approximate surface area is 234 Å². The minimum atomic E-state index is -0.453. The lowest BCUT2D eigenvalue weighted by Crippen LogP contribution is -2.27. The molecule has 3 aliphatic rings. The van der Waals surface area contributed by atoms with Gasteiger partial charge in [-0.05, 0) is 87.9 Å². The predicted octanol–water partition coefficient (Wildman–Crippen LogP) is 8.72. The highest BCUT2D eigenvalue weighted by molar-refractivity contribution is 5.91. The molecule has 4 aromatic carbocycles. The van der Waals surface area contributed by atoms with Gasteiger partial charge in [0.2, 0.25) is 0 Å². The van der Waals surface area contributed by atoms with Crippen molar-refractivity contribution in [3.63, 3.8) is 0 Å². The summed E-state index contributed by atoms with van der Waals surface area (Å²) in [5, 5.41) is 0. The van der Waals surface area contributed by atoms with Gasteiger partial charge in [-0.15, -0.1) is 0 Å². The van der Waals surface area contributed by atoms with Crippen LogP contribution in [-0.4, -0.2) is 11.6 Å². The highest BCUT2D eigenvalue weighted by Gasteiger charge is 2.44. The summed E-state index contributed by atoms with van der Waals surface area (Å²) in [6, 6.07) is 26.9. The molecule has 0 saturated carbocycles. The summed E-state index contributed by atoms with van der Waals surface area (Å²) < 4.78 is 18.2. The third kappa shape index (κ3) is 4.08. The average Bonchev–Trinajstić information content (AvgIpc) is 2.93. The molecule has 40 heavy (non-hydrogen) atoms. The number of anilines is 3. The molecule has 3 aliphatic heterocycles. The summed E-state index contributed by atoms with van der Waals surface area (Å²) in [6.07, 6.45) is 1.70. The number of ether oxygens (including phenoxy) is 3. The van der Waals surface area contributed by atoms with Gasteiger partial charge in [-0.25, -0.2) is 0 Å². The van der Waals surface area contributed by atoms with E-state index in [1.54, 1.807) is 0 Å². The van der Waals surface area contributed by atoms with E-state index in [1.807, 2.05) is 51.1 Å². The van der Waals surface area contributed by atoms with Crippen molar-refractivity contribution in [2.24, 2.45) is 0 Å². The lowest BCUT2D eigenvalue weighted by molar-refractivity contribution is -0.154. The Morgan fingerprint density at radius 2 is 1.35 bits per heavy atom. The van der Waals surface area contributed by atoms with Crippen LogP contribution in [0.3, 0.4) is 0 Å². The summed E-state index contributed by atoms with van der Waals surface area (Å²) in [5.74, 6) is 9.80. The van der Waals surface area contributed by atoms with Crippen LogP contribution in [0.1, 0.15) is 68.2 Å². The van der Waals surface area contributed by atoms with Gasteiger partial charge in [0.15, 0.2) is 0 Å². The molecule has 5 nitrogen and oxygen atoms in total. The van der Waals surface area contributed by atoms with Crippen LogP contribution in [0.2, 0.25) is 0 Å². The summed E-state index contributed by atoms with van der Waals surface area (Å²) in [7, 11) is 0.